The number of piperidine rings is 1. The van der Waals surface area contributed by atoms with Crippen molar-refractivity contribution in [2.24, 2.45) is 11.7 Å². The van der Waals surface area contributed by atoms with Crippen molar-refractivity contribution in [3.63, 3.8) is 0 Å². The molecule has 1 rings (SSSR count). The number of nitrogens with zero attached hydrogens (tertiary/aromatic N) is 1. The van der Waals surface area contributed by atoms with Crippen LogP contribution in [0.2, 0.25) is 0 Å². The van der Waals surface area contributed by atoms with Gasteiger partial charge in [0, 0.05) is 19.0 Å². The molecule has 3 heteroatoms. The van der Waals surface area contributed by atoms with Crippen LogP contribution in [-0.4, -0.2) is 19.1 Å². The van der Waals surface area contributed by atoms with Crippen LogP contribution in [-0.2, 0) is 0 Å². The average molecular weight is 139 g/mol. The molecule has 1 heterocycles. The van der Waals surface area contributed by atoms with Crippen molar-refractivity contribution in [3.05, 3.63) is 0 Å². The van der Waals surface area contributed by atoms with Gasteiger partial charge in [0.25, 0.3) is 0 Å². The fourth-order valence-electron chi connectivity index (χ4n) is 1.31. The van der Waals surface area contributed by atoms with E-state index in [0.29, 0.717) is 12.3 Å². The van der Waals surface area contributed by atoms with Crippen LogP contribution in [0.25, 0.3) is 0 Å². The van der Waals surface area contributed by atoms with Crippen LogP contribution < -0.4 is 11.1 Å². The van der Waals surface area contributed by atoms with E-state index in [4.69, 9.17) is 11.0 Å². The molecule has 0 amide bonds. The van der Waals surface area contributed by atoms with Crippen molar-refractivity contribution >= 4 is 0 Å². The third kappa shape index (κ3) is 1.69. The maximum Gasteiger partial charge on any atom is 0.0625 e. The van der Waals surface area contributed by atoms with Gasteiger partial charge < -0.3 is 11.1 Å². The van der Waals surface area contributed by atoms with Gasteiger partial charge in [-0.15, -0.1) is 0 Å². The molecule has 0 saturated carbocycles. The summed E-state index contributed by atoms with van der Waals surface area (Å²) in [5.74, 6) is 0.422. The van der Waals surface area contributed by atoms with E-state index in [1.807, 2.05) is 0 Å². The minimum Gasteiger partial charge on any atom is -0.326 e. The van der Waals surface area contributed by atoms with Gasteiger partial charge in [-0.3, -0.25) is 0 Å². The number of hydrogen-bond donors (Lipinski definition) is 2. The molecule has 0 unspecified atom stereocenters. The number of nitriles is 1. The molecule has 0 radical (unpaired) electrons. The van der Waals surface area contributed by atoms with Crippen LogP contribution in [0.5, 0.6) is 0 Å². The molecular formula is C7H13N3. The fourth-order valence-corrected chi connectivity index (χ4v) is 1.31. The Morgan fingerprint density at radius 1 is 1.70 bits per heavy atom. The number of nitrogens with one attached hydrogen (secondary N) is 1. The molecular weight excluding hydrogens is 126 g/mol. The predicted octanol–water partition coefficient (Wildman–Crippen LogP) is -0.163. The first-order valence-electron chi connectivity index (χ1n) is 3.68. The zero-order valence-electron chi connectivity index (χ0n) is 6.01. The molecule has 1 saturated heterocycles. The van der Waals surface area contributed by atoms with Crippen LogP contribution in [0.15, 0.2) is 0 Å². The van der Waals surface area contributed by atoms with Crippen LogP contribution >= 0.6 is 0 Å². The van der Waals surface area contributed by atoms with Crippen LogP contribution in [0.3, 0.4) is 0 Å². The lowest BCUT2D eigenvalue weighted by molar-refractivity contribution is 0.329. The second-order valence-corrected chi connectivity index (χ2v) is 2.78. The van der Waals surface area contributed by atoms with Gasteiger partial charge in [-0.2, -0.15) is 5.26 Å². The summed E-state index contributed by atoms with van der Waals surface area (Å²) < 4.78 is 0. The first kappa shape index (κ1) is 7.52. The SMILES string of the molecule is N#CC[C@H]1CCNC[C@H]1N. The average Bonchev–Trinajstić information content (AvgIpc) is 1.94. The van der Waals surface area contributed by atoms with E-state index in [0.717, 1.165) is 19.5 Å². The molecule has 0 aromatic rings. The van der Waals surface area contributed by atoms with Gasteiger partial charge in [-0.05, 0) is 18.9 Å². The molecule has 0 aliphatic carbocycles. The normalized spacial score (nSPS) is 33.2. The van der Waals surface area contributed by atoms with Gasteiger partial charge in [0.2, 0.25) is 0 Å². The highest BCUT2D eigenvalue weighted by Crippen LogP contribution is 2.13. The standard InChI is InChI=1S/C7H13N3/c8-3-1-6-2-4-10-5-7(6)9/h6-7,10H,1-2,4-5,9H2/t6-,7+/m0/s1. The van der Waals surface area contributed by atoms with E-state index in [-0.39, 0.29) is 6.04 Å². The third-order valence-electron chi connectivity index (χ3n) is 2.03. The van der Waals surface area contributed by atoms with Gasteiger partial charge in [-0.25, -0.2) is 0 Å². The molecule has 1 fully saturated rings. The van der Waals surface area contributed by atoms with E-state index in [1.165, 1.54) is 0 Å². The minimum absolute atomic E-state index is 0.188. The summed E-state index contributed by atoms with van der Waals surface area (Å²) in [6.07, 6.45) is 1.66. The van der Waals surface area contributed by atoms with E-state index < -0.39 is 0 Å². The van der Waals surface area contributed by atoms with Crippen molar-refractivity contribution in [1.82, 2.24) is 5.32 Å². The van der Waals surface area contributed by atoms with Gasteiger partial charge in [0.05, 0.1) is 6.07 Å². The first-order valence-corrected chi connectivity index (χ1v) is 3.68. The number of hydrogen-bond acceptors (Lipinski definition) is 3. The third-order valence-corrected chi connectivity index (χ3v) is 2.03. The molecule has 56 valence electrons. The Hall–Kier alpha value is -0.590. The molecule has 1 aliphatic rings. The Bertz CT molecular complexity index is 138. The van der Waals surface area contributed by atoms with Crippen molar-refractivity contribution in [3.8, 4) is 6.07 Å². The first-order chi connectivity index (χ1) is 4.84. The summed E-state index contributed by atoms with van der Waals surface area (Å²) in [5, 5.41) is 11.6. The van der Waals surface area contributed by atoms with Gasteiger partial charge in [0.1, 0.15) is 0 Å². The minimum atomic E-state index is 0.188. The van der Waals surface area contributed by atoms with Crippen LogP contribution in [0.1, 0.15) is 12.8 Å². The second kappa shape index (κ2) is 3.55. The zero-order chi connectivity index (χ0) is 7.40. The highest BCUT2D eigenvalue weighted by atomic mass is 14.9. The number of rotatable bonds is 1. The highest BCUT2D eigenvalue weighted by molar-refractivity contribution is 4.86. The summed E-state index contributed by atoms with van der Waals surface area (Å²) in [6, 6.07) is 2.35. The Morgan fingerprint density at radius 3 is 3.10 bits per heavy atom. The summed E-state index contributed by atoms with van der Waals surface area (Å²) >= 11 is 0. The van der Waals surface area contributed by atoms with E-state index >= 15 is 0 Å². The molecule has 3 nitrogen and oxygen atoms in total. The quantitative estimate of drug-likeness (QED) is 0.530. The molecule has 1 aliphatic heterocycles. The maximum atomic E-state index is 8.41. The molecule has 0 spiro atoms. The summed E-state index contributed by atoms with van der Waals surface area (Å²) in [7, 11) is 0. The number of nitrogens with two attached hydrogens (primary N) is 1. The fraction of sp³-hybridized carbons (Fsp3) is 0.857. The van der Waals surface area contributed by atoms with Gasteiger partial charge >= 0.3 is 0 Å². The Labute approximate surface area is 61.2 Å². The van der Waals surface area contributed by atoms with E-state index in [2.05, 4.69) is 11.4 Å². The lowest BCUT2D eigenvalue weighted by atomic mass is 9.91. The topological polar surface area (TPSA) is 61.8 Å². The summed E-state index contributed by atoms with van der Waals surface area (Å²) in [4.78, 5) is 0. The zero-order valence-corrected chi connectivity index (χ0v) is 6.01. The van der Waals surface area contributed by atoms with Crippen molar-refractivity contribution in [2.45, 2.75) is 18.9 Å². The van der Waals surface area contributed by atoms with Crippen LogP contribution in [0, 0.1) is 17.2 Å². The summed E-state index contributed by atoms with van der Waals surface area (Å²) in [6.45, 7) is 1.88. The van der Waals surface area contributed by atoms with Gasteiger partial charge in [0.15, 0.2) is 0 Å². The van der Waals surface area contributed by atoms with Crippen molar-refractivity contribution < 1.29 is 0 Å². The van der Waals surface area contributed by atoms with E-state index in [1.54, 1.807) is 0 Å². The Kier molecular flexibility index (Phi) is 2.67. The smallest absolute Gasteiger partial charge is 0.0625 e. The lowest BCUT2D eigenvalue weighted by Crippen LogP contribution is -2.45. The molecule has 2 atom stereocenters. The van der Waals surface area contributed by atoms with Gasteiger partial charge in [-0.1, -0.05) is 0 Å². The maximum absolute atomic E-state index is 8.41. The Morgan fingerprint density at radius 2 is 2.50 bits per heavy atom. The molecule has 3 N–H and O–H groups in total. The summed E-state index contributed by atoms with van der Waals surface area (Å²) in [5.41, 5.74) is 5.75. The van der Waals surface area contributed by atoms with Crippen LogP contribution in [0.4, 0.5) is 0 Å². The molecule has 0 bridgehead atoms. The predicted molar refractivity (Wildman–Crippen MR) is 39.2 cm³/mol. The monoisotopic (exact) mass is 139 g/mol. The largest absolute Gasteiger partial charge is 0.326 e. The molecule has 10 heavy (non-hydrogen) atoms. The molecule has 0 aromatic heterocycles. The van der Waals surface area contributed by atoms with Crippen molar-refractivity contribution in [2.75, 3.05) is 13.1 Å². The lowest BCUT2D eigenvalue weighted by Gasteiger charge is -2.27. The van der Waals surface area contributed by atoms with E-state index in [9.17, 15) is 0 Å². The van der Waals surface area contributed by atoms with Crippen molar-refractivity contribution in [1.29, 1.82) is 5.26 Å². The molecule has 0 aromatic carbocycles. The second-order valence-electron chi connectivity index (χ2n) is 2.78. The highest BCUT2D eigenvalue weighted by Gasteiger charge is 2.20. The Balaban J connectivity index is 2.34.